The van der Waals surface area contributed by atoms with E-state index in [4.69, 9.17) is 9.84 Å². The molecule has 3 rings (SSSR count). The summed E-state index contributed by atoms with van der Waals surface area (Å²) in [5.74, 6) is -1.68. The van der Waals surface area contributed by atoms with Gasteiger partial charge in [-0.2, -0.15) is 0 Å². The van der Waals surface area contributed by atoms with Crippen molar-refractivity contribution in [2.75, 3.05) is 19.7 Å². The van der Waals surface area contributed by atoms with Crippen molar-refractivity contribution >= 4 is 17.7 Å². The minimum Gasteiger partial charge on any atom is -0.396 e. The van der Waals surface area contributed by atoms with Crippen molar-refractivity contribution in [1.29, 1.82) is 0 Å². The van der Waals surface area contributed by atoms with Gasteiger partial charge in [0.05, 0.1) is 17.4 Å². The molecular formula is C24H41N3O5. The van der Waals surface area contributed by atoms with Gasteiger partial charge in [0.15, 0.2) is 0 Å². The Balaban J connectivity index is 1.91. The molecule has 3 aliphatic rings. The van der Waals surface area contributed by atoms with Crippen LogP contribution < -0.4 is 10.6 Å². The van der Waals surface area contributed by atoms with E-state index in [1.54, 1.807) is 4.90 Å². The maximum Gasteiger partial charge on any atom is 0.246 e. The quantitative estimate of drug-likeness (QED) is 0.392. The number of unbranched alkanes of at least 4 members (excludes halogenated alkanes) is 2. The Morgan fingerprint density at radius 2 is 1.94 bits per heavy atom. The van der Waals surface area contributed by atoms with Crippen molar-refractivity contribution in [2.24, 2.45) is 11.8 Å². The Bertz CT molecular complexity index is 716. The number of likely N-dealkylation sites (tertiary alicyclic amines) is 1. The van der Waals surface area contributed by atoms with Gasteiger partial charge in [0, 0.05) is 25.7 Å². The smallest absolute Gasteiger partial charge is 0.246 e. The molecule has 0 aromatic carbocycles. The van der Waals surface area contributed by atoms with E-state index in [9.17, 15) is 14.4 Å². The first kappa shape index (κ1) is 25.0. The van der Waals surface area contributed by atoms with Crippen molar-refractivity contribution in [1.82, 2.24) is 15.5 Å². The van der Waals surface area contributed by atoms with E-state index < -0.39 is 29.1 Å². The van der Waals surface area contributed by atoms with Gasteiger partial charge in [-0.25, -0.2) is 0 Å². The van der Waals surface area contributed by atoms with Crippen LogP contribution in [0.15, 0.2) is 0 Å². The fourth-order valence-electron chi connectivity index (χ4n) is 6.12. The molecule has 3 heterocycles. The summed E-state index contributed by atoms with van der Waals surface area (Å²) in [4.78, 5) is 42.1. The minimum absolute atomic E-state index is 0.00660. The summed E-state index contributed by atoms with van der Waals surface area (Å²) in [6.07, 6.45) is 6.04. The molecule has 3 saturated heterocycles. The number of amides is 3. The van der Waals surface area contributed by atoms with Gasteiger partial charge in [-0.3, -0.25) is 14.4 Å². The predicted molar refractivity (Wildman–Crippen MR) is 121 cm³/mol. The third-order valence-corrected chi connectivity index (χ3v) is 7.52. The van der Waals surface area contributed by atoms with Crippen molar-refractivity contribution in [3.63, 3.8) is 0 Å². The molecular weight excluding hydrogens is 410 g/mol. The van der Waals surface area contributed by atoms with Crippen LogP contribution in [0.25, 0.3) is 0 Å². The topological polar surface area (TPSA) is 108 Å². The number of hydrogen-bond donors (Lipinski definition) is 3. The third-order valence-electron chi connectivity index (χ3n) is 7.52. The number of hydrogen-bond acceptors (Lipinski definition) is 5. The molecule has 0 aliphatic carbocycles. The molecule has 6 atom stereocenters. The number of carbonyl (C=O) groups is 3. The lowest BCUT2D eigenvalue weighted by Crippen LogP contribution is -2.56. The van der Waals surface area contributed by atoms with Crippen LogP contribution in [0.2, 0.25) is 0 Å². The fraction of sp³-hybridized carbons (Fsp3) is 0.875. The molecule has 3 aliphatic heterocycles. The summed E-state index contributed by atoms with van der Waals surface area (Å²) in [6, 6.07) is -0.716. The van der Waals surface area contributed by atoms with Crippen LogP contribution in [0, 0.1) is 11.8 Å². The number of carbonyl (C=O) groups excluding carboxylic acids is 3. The number of rotatable bonds is 12. The van der Waals surface area contributed by atoms with Crippen LogP contribution in [0.1, 0.15) is 79.1 Å². The highest BCUT2D eigenvalue weighted by molar-refractivity contribution is 5.99. The lowest BCUT2D eigenvalue weighted by atomic mass is 9.66. The number of aliphatic hydroxyl groups excluding tert-OH is 1. The third kappa shape index (κ3) is 4.28. The number of nitrogens with one attached hydrogen (secondary N) is 2. The lowest BCUT2D eigenvalue weighted by molar-refractivity contribution is -0.146. The van der Waals surface area contributed by atoms with E-state index in [1.807, 2.05) is 20.8 Å². The molecule has 0 aromatic rings. The van der Waals surface area contributed by atoms with Crippen molar-refractivity contribution < 1.29 is 24.2 Å². The van der Waals surface area contributed by atoms with Gasteiger partial charge in [0.25, 0.3) is 0 Å². The van der Waals surface area contributed by atoms with Crippen molar-refractivity contribution in [3.05, 3.63) is 0 Å². The zero-order chi connectivity index (χ0) is 23.5. The monoisotopic (exact) mass is 451 g/mol. The maximum absolute atomic E-state index is 13.7. The number of fused-ring (bicyclic) bond motifs is 1. The standard InChI is InChI=1S/C24H41N3O5/c1-5-10-16(3)26-21(30)19-24-12-11-23(4,32-24)17(20(29)25-13-6-2)18(24)22(31)27(19)14-8-7-9-15-28/h16-19,28H,5-15H2,1-4H3,(H,25,29)(H,26,30)/t16?,17-,18-,19?,23+,24?/m0/s1. The Kier molecular flexibility index (Phi) is 7.86. The second-order valence-corrected chi connectivity index (χ2v) is 10.0. The first-order valence-corrected chi connectivity index (χ1v) is 12.4. The van der Waals surface area contributed by atoms with E-state index in [0.29, 0.717) is 38.8 Å². The zero-order valence-electron chi connectivity index (χ0n) is 20.1. The van der Waals surface area contributed by atoms with Gasteiger partial charge in [-0.05, 0) is 58.8 Å². The van der Waals surface area contributed by atoms with Gasteiger partial charge in [0.2, 0.25) is 17.7 Å². The van der Waals surface area contributed by atoms with Crippen LogP contribution in [0.4, 0.5) is 0 Å². The van der Waals surface area contributed by atoms with Gasteiger partial charge in [-0.1, -0.05) is 20.3 Å². The van der Waals surface area contributed by atoms with Crippen LogP contribution in [-0.4, -0.2) is 70.7 Å². The molecule has 3 amide bonds. The Hall–Kier alpha value is -1.67. The summed E-state index contributed by atoms with van der Waals surface area (Å²) < 4.78 is 6.56. The zero-order valence-corrected chi connectivity index (χ0v) is 20.1. The first-order valence-electron chi connectivity index (χ1n) is 12.4. The van der Waals surface area contributed by atoms with Crippen molar-refractivity contribution in [2.45, 2.75) is 102 Å². The molecule has 182 valence electrons. The van der Waals surface area contributed by atoms with E-state index >= 15 is 0 Å². The predicted octanol–water partition coefficient (Wildman–Crippen LogP) is 1.74. The molecule has 8 heteroatoms. The average Bonchev–Trinajstić information content (AvgIpc) is 3.30. The normalized spacial score (nSPS) is 34.0. The molecule has 0 radical (unpaired) electrons. The number of ether oxygens (including phenoxy) is 1. The Labute approximate surface area is 191 Å². The molecule has 3 N–H and O–H groups in total. The average molecular weight is 452 g/mol. The summed E-state index contributed by atoms with van der Waals surface area (Å²) in [5, 5.41) is 15.2. The SMILES string of the molecule is CCCNC(=O)[C@@H]1[C@H]2C(=O)N(CCCCCO)C(C(=O)NC(C)CCC)C23CC[C@@]1(C)O3. The number of nitrogens with zero attached hydrogens (tertiary/aromatic N) is 1. The van der Waals surface area contributed by atoms with E-state index in [-0.39, 0.29) is 30.4 Å². The van der Waals surface area contributed by atoms with Gasteiger partial charge < -0.3 is 25.4 Å². The molecule has 0 aromatic heterocycles. The highest BCUT2D eigenvalue weighted by Gasteiger charge is 2.77. The summed E-state index contributed by atoms with van der Waals surface area (Å²) in [6.45, 7) is 9.07. The number of aliphatic hydroxyl groups is 1. The van der Waals surface area contributed by atoms with Crippen LogP contribution in [0.3, 0.4) is 0 Å². The molecule has 1 spiro atoms. The molecule has 32 heavy (non-hydrogen) atoms. The second-order valence-electron chi connectivity index (χ2n) is 10.0. The van der Waals surface area contributed by atoms with Crippen molar-refractivity contribution in [3.8, 4) is 0 Å². The molecule has 2 bridgehead atoms. The van der Waals surface area contributed by atoms with Gasteiger partial charge >= 0.3 is 0 Å². The van der Waals surface area contributed by atoms with Crippen LogP contribution in [0.5, 0.6) is 0 Å². The fourth-order valence-corrected chi connectivity index (χ4v) is 6.12. The molecule has 3 unspecified atom stereocenters. The Morgan fingerprint density at radius 3 is 2.59 bits per heavy atom. The van der Waals surface area contributed by atoms with E-state index in [1.165, 1.54) is 0 Å². The second kappa shape index (κ2) is 10.1. The highest BCUT2D eigenvalue weighted by Crippen LogP contribution is 2.63. The maximum atomic E-state index is 13.7. The van der Waals surface area contributed by atoms with E-state index in [0.717, 1.165) is 25.7 Å². The van der Waals surface area contributed by atoms with Crippen LogP contribution in [-0.2, 0) is 19.1 Å². The largest absolute Gasteiger partial charge is 0.396 e. The van der Waals surface area contributed by atoms with Gasteiger partial charge in [-0.15, -0.1) is 0 Å². The molecule has 3 fully saturated rings. The summed E-state index contributed by atoms with van der Waals surface area (Å²) >= 11 is 0. The lowest BCUT2D eigenvalue weighted by Gasteiger charge is -2.34. The van der Waals surface area contributed by atoms with E-state index in [2.05, 4.69) is 17.6 Å². The highest BCUT2D eigenvalue weighted by atomic mass is 16.5. The first-order chi connectivity index (χ1) is 15.3. The summed E-state index contributed by atoms with van der Waals surface area (Å²) in [7, 11) is 0. The Morgan fingerprint density at radius 1 is 1.19 bits per heavy atom. The summed E-state index contributed by atoms with van der Waals surface area (Å²) in [5.41, 5.74) is -1.68. The molecule has 0 saturated carbocycles. The minimum atomic E-state index is -0.951. The van der Waals surface area contributed by atoms with Crippen LogP contribution >= 0.6 is 0 Å². The molecule has 8 nitrogen and oxygen atoms in total. The van der Waals surface area contributed by atoms with Gasteiger partial charge in [0.1, 0.15) is 11.6 Å².